The molecule has 0 amide bonds. The van der Waals surface area contributed by atoms with Gasteiger partial charge in [-0.2, -0.15) is 10.4 Å². The first kappa shape index (κ1) is 11.4. The summed E-state index contributed by atoms with van der Waals surface area (Å²) in [5.74, 6) is 1.13. The lowest BCUT2D eigenvalue weighted by molar-refractivity contribution is 0.474. The molecule has 17 heavy (non-hydrogen) atoms. The first-order valence-corrected chi connectivity index (χ1v) is 5.46. The third-order valence-corrected chi connectivity index (χ3v) is 2.40. The van der Waals surface area contributed by atoms with E-state index in [2.05, 4.69) is 10.4 Å². The summed E-state index contributed by atoms with van der Waals surface area (Å²) < 4.78 is 7.04. The first-order valence-electron chi connectivity index (χ1n) is 5.46. The highest BCUT2D eigenvalue weighted by atomic mass is 16.3. The van der Waals surface area contributed by atoms with Crippen molar-refractivity contribution in [1.29, 1.82) is 5.26 Å². The summed E-state index contributed by atoms with van der Waals surface area (Å²) in [6.07, 6.45) is 2.81. The molecule has 0 spiro atoms. The third kappa shape index (κ3) is 3.20. The van der Waals surface area contributed by atoms with Crippen LogP contribution in [0.15, 0.2) is 28.8 Å². The van der Waals surface area contributed by atoms with E-state index < -0.39 is 0 Å². The predicted molar refractivity (Wildman–Crippen MR) is 62.0 cm³/mol. The van der Waals surface area contributed by atoms with E-state index in [1.165, 1.54) is 0 Å². The number of aromatic nitrogens is 2. The largest absolute Gasteiger partial charge is 0.449 e. The van der Waals surface area contributed by atoms with Crippen molar-refractivity contribution < 1.29 is 4.42 Å². The minimum Gasteiger partial charge on any atom is -0.449 e. The third-order valence-electron chi connectivity index (χ3n) is 2.40. The summed E-state index contributed by atoms with van der Waals surface area (Å²) >= 11 is 0. The van der Waals surface area contributed by atoms with Crippen molar-refractivity contribution in [3.05, 3.63) is 41.6 Å². The van der Waals surface area contributed by atoms with Gasteiger partial charge < -0.3 is 9.73 Å². The van der Waals surface area contributed by atoms with Crippen LogP contribution in [0.25, 0.3) is 0 Å². The molecule has 1 N–H and O–H groups in total. The summed E-state index contributed by atoms with van der Waals surface area (Å²) in [7, 11) is 1.91. The molecule has 2 aromatic rings. The van der Waals surface area contributed by atoms with Gasteiger partial charge in [0.15, 0.2) is 0 Å². The number of hydrogen-bond donors (Lipinski definition) is 1. The molecular weight excluding hydrogens is 216 g/mol. The summed E-state index contributed by atoms with van der Waals surface area (Å²) in [4.78, 5) is 0. The van der Waals surface area contributed by atoms with Crippen molar-refractivity contribution in [2.24, 2.45) is 7.05 Å². The number of hydrogen-bond acceptors (Lipinski definition) is 4. The van der Waals surface area contributed by atoms with Crippen LogP contribution in [0.5, 0.6) is 0 Å². The fourth-order valence-electron chi connectivity index (χ4n) is 1.56. The molecule has 0 aliphatic heterocycles. The van der Waals surface area contributed by atoms with Gasteiger partial charge in [-0.3, -0.25) is 4.68 Å². The standard InChI is InChI=1S/C12H14N4O/c1-16-7-5-10(15-16)4-6-14-9-12-3-2-11(8-13)17-12/h2-3,5,7,14H,4,6,9H2,1H3. The summed E-state index contributed by atoms with van der Waals surface area (Å²) in [5, 5.41) is 16.1. The smallest absolute Gasteiger partial charge is 0.203 e. The number of nitrogens with one attached hydrogen (secondary N) is 1. The molecule has 0 aliphatic carbocycles. The molecule has 0 saturated carbocycles. The average Bonchev–Trinajstić information content (AvgIpc) is 2.93. The van der Waals surface area contributed by atoms with E-state index in [1.807, 2.05) is 31.4 Å². The SMILES string of the molecule is Cn1ccc(CCNCc2ccc(C#N)o2)n1. The molecular formula is C12H14N4O. The fraction of sp³-hybridized carbons (Fsp3) is 0.333. The molecule has 0 saturated heterocycles. The Labute approximate surface area is 99.7 Å². The van der Waals surface area contributed by atoms with Crippen molar-refractivity contribution in [1.82, 2.24) is 15.1 Å². The lowest BCUT2D eigenvalue weighted by Gasteiger charge is -2.00. The number of aryl methyl sites for hydroxylation is 1. The fourth-order valence-corrected chi connectivity index (χ4v) is 1.56. The quantitative estimate of drug-likeness (QED) is 0.784. The van der Waals surface area contributed by atoms with Crippen molar-refractivity contribution >= 4 is 0 Å². The van der Waals surface area contributed by atoms with Crippen LogP contribution in [0.3, 0.4) is 0 Å². The number of nitriles is 1. The molecule has 2 aromatic heterocycles. The van der Waals surface area contributed by atoms with Crippen LogP contribution < -0.4 is 5.32 Å². The maximum absolute atomic E-state index is 8.60. The summed E-state index contributed by atoms with van der Waals surface area (Å²) in [6, 6.07) is 7.45. The minimum atomic E-state index is 0.353. The molecule has 5 nitrogen and oxygen atoms in total. The van der Waals surface area contributed by atoms with Gasteiger partial charge in [-0.15, -0.1) is 0 Å². The van der Waals surface area contributed by atoms with E-state index in [9.17, 15) is 0 Å². The van der Waals surface area contributed by atoms with Crippen LogP contribution in [0.2, 0.25) is 0 Å². The van der Waals surface area contributed by atoms with Crippen molar-refractivity contribution in [3.63, 3.8) is 0 Å². The van der Waals surface area contributed by atoms with Gasteiger partial charge in [0.2, 0.25) is 5.76 Å². The molecule has 0 aromatic carbocycles. The Morgan fingerprint density at radius 2 is 2.35 bits per heavy atom. The van der Waals surface area contributed by atoms with Crippen LogP contribution in [0.1, 0.15) is 17.2 Å². The van der Waals surface area contributed by atoms with E-state index in [0.29, 0.717) is 12.3 Å². The van der Waals surface area contributed by atoms with E-state index in [-0.39, 0.29) is 0 Å². The summed E-state index contributed by atoms with van der Waals surface area (Å²) in [6.45, 7) is 1.47. The molecule has 2 heterocycles. The van der Waals surface area contributed by atoms with E-state index in [0.717, 1.165) is 24.4 Å². The maximum atomic E-state index is 8.60. The van der Waals surface area contributed by atoms with Crippen LogP contribution in [-0.2, 0) is 20.0 Å². The molecule has 0 fully saturated rings. The van der Waals surface area contributed by atoms with Gasteiger partial charge >= 0.3 is 0 Å². The Bertz CT molecular complexity index is 521. The van der Waals surface area contributed by atoms with Gasteiger partial charge in [-0.25, -0.2) is 0 Å². The zero-order chi connectivity index (χ0) is 12.1. The molecule has 0 bridgehead atoms. The normalized spacial score (nSPS) is 10.4. The van der Waals surface area contributed by atoms with Crippen LogP contribution in [0, 0.1) is 11.3 Å². The van der Waals surface area contributed by atoms with E-state index in [1.54, 1.807) is 10.7 Å². The van der Waals surface area contributed by atoms with Crippen LogP contribution >= 0.6 is 0 Å². The Balaban J connectivity index is 1.71. The first-order chi connectivity index (χ1) is 8.28. The van der Waals surface area contributed by atoms with Gasteiger partial charge in [0.05, 0.1) is 12.2 Å². The van der Waals surface area contributed by atoms with Gasteiger partial charge in [0.1, 0.15) is 11.8 Å². The molecule has 0 unspecified atom stereocenters. The van der Waals surface area contributed by atoms with Crippen molar-refractivity contribution in [2.75, 3.05) is 6.54 Å². The van der Waals surface area contributed by atoms with E-state index in [4.69, 9.17) is 9.68 Å². The molecule has 0 atom stereocenters. The van der Waals surface area contributed by atoms with Gasteiger partial charge in [0, 0.05) is 26.2 Å². The number of furan rings is 1. The van der Waals surface area contributed by atoms with Gasteiger partial charge in [0.25, 0.3) is 0 Å². The molecule has 5 heteroatoms. The van der Waals surface area contributed by atoms with Gasteiger partial charge in [-0.05, 0) is 18.2 Å². The average molecular weight is 230 g/mol. The zero-order valence-corrected chi connectivity index (χ0v) is 9.68. The van der Waals surface area contributed by atoms with Crippen LogP contribution in [-0.4, -0.2) is 16.3 Å². The topological polar surface area (TPSA) is 66.8 Å². The number of nitrogens with zero attached hydrogens (tertiary/aromatic N) is 3. The summed E-state index contributed by atoms with van der Waals surface area (Å²) in [5.41, 5.74) is 1.07. The Morgan fingerprint density at radius 3 is 3.00 bits per heavy atom. The van der Waals surface area contributed by atoms with Crippen LogP contribution in [0.4, 0.5) is 0 Å². The highest BCUT2D eigenvalue weighted by Crippen LogP contribution is 2.05. The molecule has 2 rings (SSSR count). The predicted octanol–water partition coefficient (Wildman–Crippen LogP) is 1.22. The Kier molecular flexibility index (Phi) is 3.58. The molecule has 0 aliphatic rings. The second-order valence-corrected chi connectivity index (χ2v) is 3.79. The number of rotatable bonds is 5. The Morgan fingerprint density at radius 1 is 1.47 bits per heavy atom. The lowest BCUT2D eigenvalue weighted by atomic mass is 10.3. The van der Waals surface area contributed by atoms with Crippen molar-refractivity contribution in [3.8, 4) is 6.07 Å². The highest BCUT2D eigenvalue weighted by molar-refractivity contribution is 5.18. The van der Waals surface area contributed by atoms with Crippen molar-refractivity contribution in [2.45, 2.75) is 13.0 Å². The maximum Gasteiger partial charge on any atom is 0.203 e. The minimum absolute atomic E-state index is 0.353. The second kappa shape index (κ2) is 5.32. The highest BCUT2D eigenvalue weighted by Gasteiger charge is 2.01. The lowest BCUT2D eigenvalue weighted by Crippen LogP contribution is -2.16. The Hall–Kier alpha value is -2.06. The molecule has 88 valence electrons. The second-order valence-electron chi connectivity index (χ2n) is 3.79. The molecule has 0 radical (unpaired) electrons. The van der Waals surface area contributed by atoms with E-state index >= 15 is 0 Å². The zero-order valence-electron chi connectivity index (χ0n) is 9.68. The monoisotopic (exact) mass is 230 g/mol. The van der Waals surface area contributed by atoms with Gasteiger partial charge in [-0.1, -0.05) is 0 Å².